The van der Waals surface area contributed by atoms with Crippen molar-refractivity contribution in [2.75, 3.05) is 6.61 Å². The van der Waals surface area contributed by atoms with Gasteiger partial charge in [-0.15, -0.1) is 0 Å². The fourth-order valence-electron chi connectivity index (χ4n) is 2.03. The van der Waals surface area contributed by atoms with E-state index in [1.807, 2.05) is 38.1 Å². The molecule has 1 aromatic heterocycles. The van der Waals surface area contributed by atoms with Crippen LogP contribution in [-0.2, 0) is 9.53 Å². The molecule has 0 radical (unpaired) electrons. The van der Waals surface area contributed by atoms with E-state index < -0.39 is 5.97 Å². The van der Waals surface area contributed by atoms with Gasteiger partial charge in [-0.3, -0.25) is 4.79 Å². The third kappa shape index (κ3) is 4.33. The number of carbonyl (C=O) groups excluding carboxylic acids is 1. The van der Waals surface area contributed by atoms with Gasteiger partial charge in [-0.1, -0.05) is 26.0 Å². The van der Waals surface area contributed by atoms with Crippen LogP contribution in [0.1, 0.15) is 32.5 Å². The number of esters is 1. The summed E-state index contributed by atoms with van der Waals surface area (Å²) in [4.78, 5) is 18.8. The van der Waals surface area contributed by atoms with Crippen LogP contribution < -0.4 is 0 Å². The number of H-pyrrole nitrogens is 1. The minimum Gasteiger partial charge on any atom is -0.507 e. The average molecular weight is 313 g/mol. The number of aliphatic hydroxyl groups excluding tert-OH is 1. The number of rotatable bonds is 6. The number of fused-ring (bicyclic) bond motifs is 1. The molecule has 6 nitrogen and oxygen atoms in total. The summed E-state index contributed by atoms with van der Waals surface area (Å²) >= 11 is 0. The molecule has 0 saturated carbocycles. The van der Waals surface area contributed by atoms with E-state index in [9.17, 15) is 15.2 Å². The number of nitrogens with one attached hydrogen (secondary N) is 1. The molecular formula is C17H19N3O3. The third-order valence-electron chi connectivity index (χ3n) is 3.32. The molecule has 2 N–H and O–H groups in total. The molecule has 0 aliphatic heterocycles. The summed E-state index contributed by atoms with van der Waals surface area (Å²) in [7, 11) is 0. The smallest absolute Gasteiger partial charge is 0.306 e. The third-order valence-corrected chi connectivity index (χ3v) is 3.32. The lowest BCUT2D eigenvalue weighted by molar-refractivity contribution is -0.143. The summed E-state index contributed by atoms with van der Waals surface area (Å²) in [6, 6.07) is 9.20. The molecule has 0 aliphatic rings. The van der Waals surface area contributed by atoms with E-state index in [2.05, 4.69) is 9.97 Å². The van der Waals surface area contributed by atoms with Gasteiger partial charge < -0.3 is 14.8 Å². The molecule has 6 heteroatoms. The molecule has 1 heterocycles. The normalized spacial score (nSPS) is 12.1. The summed E-state index contributed by atoms with van der Waals surface area (Å²) in [6.45, 7) is 3.69. The SMILES string of the molecule is CC(C)CCC(=O)OC/C(O)=C(\C#N)c1nc2ccccc2[nH]1. The summed E-state index contributed by atoms with van der Waals surface area (Å²) < 4.78 is 4.99. The molecule has 0 spiro atoms. The van der Waals surface area contributed by atoms with E-state index in [4.69, 9.17) is 4.74 Å². The first kappa shape index (κ1) is 16.6. The van der Waals surface area contributed by atoms with E-state index >= 15 is 0 Å². The summed E-state index contributed by atoms with van der Waals surface area (Å²) in [6.07, 6.45) is 1.01. The Hall–Kier alpha value is -2.81. The van der Waals surface area contributed by atoms with Crippen LogP contribution in [0.4, 0.5) is 0 Å². The number of aliphatic hydroxyl groups is 1. The monoisotopic (exact) mass is 313 g/mol. The lowest BCUT2D eigenvalue weighted by Crippen LogP contribution is -2.09. The van der Waals surface area contributed by atoms with Crippen LogP contribution >= 0.6 is 0 Å². The predicted molar refractivity (Wildman–Crippen MR) is 86.3 cm³/mol. The first-order valence-corrected chi connectivity index (χ1v) is 7.44. The lowest BCUT2D eigenvalue weighted by atomic mass is 10.1. The van der Waals surface area contributed by atoms with Crippen LogP contribution in [0.25, 0.3) is 16.6 Å². The molecular weight excluding hydrogens is 294 g/mol. The number of nitriles is 1. The second-order valence-corrected chi connectivity index (χ2v) is 5.63. The molecule has 0 atom stereocenters. The van der Waals surface area contributed by atoms with Gasteiger partial charge in [0.15, 0.2) is 11.6 Å². The predicted octanol–water partition coefficient (Wildman–Crippen LogP) is 3.33. The molecule has 0 amide bonds. The number of ether oxygens (including phenoxy) is 1. The number of aromatic amines is 1. The molecule has 0 fully saturated rings. The van der Waals surface area contributed by atoms with Crippen LogP contribution in [0.5, 0.6) is 0 Å². The maximum atomic E-state index is 11.6. The van der Waals surface area contributed by atoms with Gasteiger partial charge in [-0.05, 0) is 24.5 Å². The molecule has 0 bridgehead atoms. The standard InChI is InChI=1S/C17H19N3O3/c1-11(2)7-8-16(22)23-10-15(21)12(9-18)17-19-13-5-3-4-6-14(13)20-17/h3-6,11,21H,7-8,10H2,1-2H3,(H,19,20)/b15-12-. The molecule has 0 aliphatic carbocycles. The van der Waals surface area contributed by atoms with Crippen molar-refractivity contribution >= 4 is 22.6 Å². The number of nitrogens with zero attached hydrogens (tertiary/aromatic N) is 2. The van der Waals surface area contributed by atoms with Gasteiger partial charge in [-0.2, -0.15) is 5.26 Å². The number of para-hydroxylation sites is 2. The number of hydrogen-bond donors (Lipinski definition) is 2. The van der Waals surface area contributed by atoms with Crippen molar-refractivity contribution in [2.24, 2.45) is 5.92 Å². The van der Waals surface area contributed by atoms with E-state index in [1.165, 1.54) is 0 Å². The largest absolute Gasteiger partial charge is 0.507 e. The van der Waals surface area contributed by atoms with Crippen LogP contribution in [0.3, 0.4) is 0 Å². The van der Waals surface area contributed by atoms with E-state index in [1.54, 1.807) is 6.07 Å². The quantitative estimate of drug-likeness (QED) is 0.484. The van der Waals surface area contributed by atoms with Crippen LogP contribution in [0.15, 0.2) is 30.0 Å². The number of allylic oxidation sites excluding steroid dienone is 1. The maximum absolute atomic E-state index is 11.6. The number of carbonyl (C=O) groups is 1. The van der Waals surface area contributed by atoms with Crippen molar-refractivity contribution in [2.45, 2.75) is 26.7 Å². The second kappa shape index (κ2) is 7.45. The van der Waals surface area contributed by atoms with Crippen molar-refractivity contribution in [3.63, 3.8) is 0 Å². The zero-order valence-corrected chi connectivity index (χ0v) is 13.2. The highest BCUT2D eigenvalue weighted by Crippen LogP contribution is 2.18. The highest BCUT2D eigenvalue weighted by Gasteiger charge is 2.15. The highest BCUT2D eigenvalue weighted by atomic mass is 16.5. The van der Waals surface area contributed by atoms with E-state index in [0.717, 1.165) is 11.9 Å². The van der Waals surface area contributed by atoms with Gasteiger partial charge in [0.1, 0.15) is 18.2 Å². The minimum atomic E-state index is -0.396. The topological polar surface area (TPSA) is 99.0 Å². The fourth-order valence-corrected chi connectivity index (χ4v) is 2.03. The van der Waals surface area contributed by atoms with E-state index in [0.29, 0.717) is 11.4 Å². The highest BCUT2D eigenvalue weighted by molar-refractivity contribution is 5.82. The van der Waals surface area contributed by atoms with Gasteiger partial charge in [0, 0.05) is 6.42 Å². The van der Waals surface area contributed by atoms with Gasteiger partial charge in [0.25, 0.3) is 0 Å². The van der Waals surface area contributed by atoms with E-state index in [-0.39, 0.29) is 30.2 Å². The summed E-state index contributed by atoms with van der Waals surface area (Å²) in [5.41, 5.74) is 1.42. The molecule has 2 rings (SSSR count). The van der Waals surface area contributed by atoms with Crippen LogP contribution in [0, 0.1) is 17.2 Å². The van der Waals surface area contributed by atoms with Crippen molar-refractivity contribution in [1.29, 1.82) is 5.26 Å². The Morgan fingerprint density at radius 3 is 2.83 bits per heavy atom. The molecule has 1 aromatic carbocycles. The first-order chi connectivity index (χ1) is 11.0. The Morgan fingerprint density at radius 1 is 1.43 bits per heavy atom. The van der Waals surface area contributed by atoms with Gasteiger partial charge >= 0.3 is 5.97 Å². The Morgan fingerprint density at radius 2 is 2.17 bits per heavy atom. The van der Waals surface area contributed by atoms with Gasteiger partial charge in [0.05, 0.1) is 11.0 Å². The van der Waals surface area contributed by atoms with Crippen molar-refractivity contribution in [3.8, 4) is 6.07 Å². The Labute approximate surface area is 134 Å². The Kier molecular flexibility index (Phi) is 5.36. The summed E-state index contributed by atoms with van der Waals surface area (Å²) in [5.74, 6) is -0.0575. The Balaban J connectivity index is 2.10. The second-order valence-electron chi connectivity index (χ2n) is 5.63. The van der Waals surface area contributed by atoms with Crippen molar-refractivity contribution in [3.05, 3.63) is 35.8 Å². The molecule has 2 aromatic rings. The number of hydrogen-bond acceptors (Lipinski definition) is 5. The average Bonchev–Trinajstić information content (AvgIpc) is 2.95. The molecule has 0 unspecified atom stereocenters. The van der Waals surface area contributed by atoms with Crippen LogP contribution in [0.2, 0.25) is 0 Å². The maximum Gasteiger partial charge on any atom is 0.306 e. The molecule has 0 saturated heterocycles. The zero-order chi connectivity index (χ0) is 16.8. The van der Waals surface area contributed by atoms with Crippen LogP contribution in [-0.4, -0.2) is 27.7 Å². The summed E-state index contributed by atoms with van der Waals surface area (Å²) in [5, 5.41) is 19.3. The van der Waals surface area contributed by atoms with Crippen molar-refractivity contribution < 1.29 is 14.6 Å². The fraction of sp³-hybridized carbons (Fsp3) is 0.353. The lowest BCUT2D eigenvalue weighted by Gasteiger charge is -2.06. The zero-order valence-electron chi connectivity index (χ0n) is 13.2. The minimum absolute atomic E-state index is 0.0298. The number of benzene rings is 1. The Bertz CT molecular complexity index is 736. The van der Waals surface area contributed by atoms with Gasteiger partial charge in [-0.25, -0.2) is 4.98 Å². The number of imidazole rings is 1. The molecule has 23 heavy (non-hydrogen) atoms. The number of aromatic nitrogens is 2. The van der Waals surface area contributed by atoms with Gasteiger partial charge in [0.2, 0.25) is 0 Å². The first-order valence-electron chi connectivity index (χ1n) is 7.44. The van der Waals surface area contributed by atoms with Crippen molar-refractivity contribution in [1.82, 2.24) is 9.97 Å². The molecule has 120 valence electrons.